The highest BCUT2D eigenvalue weighted by Crippen LogP contribution is 2.39. The summed E-state index contributed by atoms with van der Waals surface area (Å²) in [4.78, 5) is 17.6. The zero-order chi connectivity index (χ0) is 25.8. The average Bonchev–Trinajstić information content (AvgIpc) is 2.92. The first kappa shape index (κ1) is 24.4. The fourth-order valence-electron chi connectivity index (χ4n) is 4.41. The van der Waals surface area contributed by atoms with Gasteiger partial charge in [0.2, 0.25) is 0 Å². The number of nitrogens with zero attached hydrogens (tertiary/aromatic N) is 1. The molecule has 0 atom stereocenters. The summed E-state index contributed by atoms with van der Waals surface area (Å²) in [7, 11) is 0. The second kappa shape index (κ2) is 10.4. The van der Waals surface area contributed by atoms with E-state index in [0.717, 1.165) is 17.2 Å². The number of hydrogen-bond donors (Lipinski definition) is 1. The van der Waals surface area contributed by atoms with Crippen molar-refractivity contribution < 1.29 is 18.0 Å². The second-order valence-corrected chi connectivity index (χ2v) is 8.65. The van der Waals surface area contributed by atoms with E-state index in [1.54, 1.807) is 36.4 Å². The summed E-state index contributed by atoms with van der Waals surface area (Å²) in [6.45, 7) is 1.20. The lowest BCUT2D eigenvalue weighted by Gasteiger charge is -2.16. The molecule has 1 radical (unpaired) electrons. The second-order valence-electron chi connectivity index (χ2n) is 8.65. The number of nitrogens with one attached hydrogen (secondary N) is 1. The van der Waals surface area contributed by atoms with Crippen molar-refractivity contribution in [2.75, 3.05) is 0 Å². The van der Waals surface area contributed by atoms with Gasteiger partial charge in [0.25, 0.3) is 0 Å². The number of benzene rings is 4. The third kappa shape index (κ3) is 5.29. The Morgan fingerprint density at radius 2 is 1.57 bits per heavy atom. The van der Waals surface area contributed by atoms with Gasteiger partial charge in [-0.2, -0.15) is 13.2 Å². The third-order valence-electron chi connectivity index (χ3n) is 6.14. The van der Waals surface area contributed by atoms with Crippen molar-refractivity contribution in [3.63, 3.8) is 0 Å². The molecule has 37 heavy (non-hydrogen) atoms. The predicted octanol–water partition coefficient (Wildman–Crippen LogP) is 7.24. The molecule has 0 spiro atoms. The number of hydrogen-bond acceptors (Lipinski definition) is 3. The van der Waals surface area contributed by atoms with E-state index in [2.05, 4.69) is 16.4 Å². The minimum atomic E-state index is -4.57. The van der Waals surface area contributed by atoms with Crippen molar-refractivity contribution in [2.45, 2.75) is 19.3 Å². The smallest absolute Gasteiger partial charge is 0.309 e. The number of carbonyl (C=O) groups excluding carboxylic acids is 1. The lowest BCUT2D eigenvalue weighted by atomic mass is 9.90. The Labute approximate surface area is 212 Å². The third-order valence-corrected chi connectivity index (χ3v) is 6.14. The molecule has 0 aliphatic rings. The summed E-state index contributed by atoms with van der Waals surface area (Å²) in [5.41, 5.74) is 2.82. The van der Waals surface area contributed by atoms with Crippen LogP contribution in [0.1, 0.15) is 32.6 Å². The van der Waals surface area contributed by atoms with Crippen LogP contribution >= 0.6 is 0 Å². The fraction of sp³-hybridized carbons (Fsp3) is 0.0968. The molecule has 0 saturated heterocycles. The number of para-hydroxylation sites is 1. The topological polar surface area (TPSA) is 42.0 Å². The zero-order valence-electron chi connectivity index (χ0n) is 19.7. The van der Waals surface area contributed by atoms with Crippen molar-refractivity contribution in [3.8, 4) is 11.1 Å². The highest BCUT2D eigenvalue weighted by molar-refractivity contribution is 6.16. The van der Waals surface area contributed by atoms with E-state index in [-0.39, 0.29) is 22.2 Å². The fourth-order valence-corrected chi connectivity index (χ4v) is 4.41. The van der Waals surface area contributed by atoms with Crippen molar-refractivity contribution in [1.82, 2.24) is 10.3 Å². The highest BCUT2D eigenvalue weighted by Gasteiger charge is 2.34. The number of fused-ring (bicyclic) bond motifs is 1. The first-order valence-electron chi connectivity index (χ1n) is 11.8. The van der Waals surface area contributed by atoms with E-state index in [0.29, 0.717) is 29.8 Å². The Morgan fingerprint density at radius 1 is 0.838 bits per heavy atom. The summed E-state index contributed by atoms with van der Waals surface area (Å²) in [5, 5.41) is 3.66. The number of pyridine rings is 1. The molecule has 1 heterocycles. The van der Waals surface area contributed by atoms with Crippen molar-refractivity contribution in [2.24, 2.45) is 0 Å². The van der Waals surface area contributed by atoms with Gasteiger partial charge >= 0.3 is 6.18 Å². The van der Waals surface area contributed by atoms with Gasteiger partial charge in [0.1, 0.15) is 0 Å². The van der Waals surface area contributed by atoms with E-state index in [1.165, 1.54) is 12.3 Å². The predicted molar refractivity (Wildman–Crippen MR) is 138 cm³/mol. The van der Waals surface area contributed by atoms with E-state index in [1.807, 2.05) is 48.5 Å². The normalized spacial score (nSPS) is 11.5. The van der Waals surface area contributed by atoms with Gasteiger partial charge in [-0.25, -0.2) is 0 Å². The molecule has 183 valence electrons. The number of carbonyl (C=O) groups is 1. The Balaban J connectivity index is 1.60. The molecule has 0 unspecified atom stereocenters. The van der Waals surface area contributed by atoms with Gasteiger partial charge in [0.15, 0.2) is 5.78 Å². The Bertz CT molecular complexity index is 1550. The molecule has 0 amide bonds. The van der Waals surface area contributed by atoms with Crippen LogP contribution in [0.5, 0.6) is 0 Å². The van der Waals surface area contributed by atoms with Crippen molar-refractivity contribution in [3.05, 3.63) is 137 Å². The Morgan fingerprint density at radius 3 is 2.32 bits per heavy atom. The van der Waals surface area contributed by atoms with Crippen molar-refractivity contribution in [1.29, 1.82) is 0 Å². The van der Waals surface area contributed by atoms with Gasteiger partial charge in [0.05, 0.1) is 11.1 Å². The number of alkyl halides is 3. The first-order valence-corrected chi connectivity index (χ1v) is 11.8. The van der Waals surface area contributed by atoms with E-state index in [9.17, 15) is 18.0 Å². The summed E-state index contributed by atoms with van der Waals surface area (Å²) >= 11 is 0. The van der Waals surface area contributed by atoms with Gasteiger partial charge in [-0.1, -0.05) is 84.9 Å². The van der Waals surface area contributed by atoms with Gasteiger partial charge in [-0.15, -0.1) is 0 Å². The highest BCUT2D eigenvalue weighted by atomic mass is 19.4. The van der Waals surface area contributed by atoms with Crippen LogP contribution in [-0.2, 0) is 19.3 Å². The molecule has 5 rings (SSSR count). The van der Waals surface area contributed by atoms with Crippen LogP contribution in [0.15, 0.2) is 103 Å². The minimum Gasteiger partial charge on any atom is -0.309 e. The van der Waals surface area contributed by atoms with E-state index < -0.39 is 11.7 Å². The molecule has 0 bridgehead atoms. The van der Waals surface area contributed by atoms with Crippen LogP contribution in [-0.4, -0.2) is 10.8 Å². The SMILES string of the molecule is O=C(c1ccccc1)c1cnc2c(C(F)(F)F)cccc2c1-c1cccc(CNCc2cc[c]cc2)c1. The number of halogens is 3. The molecule has 0 aliphatic heterocycles. The molecule has 1 N–H and O–H groups in total. The van der Waals surface area contributed by atoms with E-state index in [4.69, 9.17) is 0 Å². The quantitative estimate of drug-likeness (QED) is 0.242. The van der Waals surface area contributed by atoms with Gasteiger partial charge < -0.3 is 5.32 Å². The summed E-state index contributed by atoms with van der Waals surface area (Å²) in [5.74, 6) is -0.299. The van der Waals surface area contributed by atoms with Crippen LogP contribution < -0.4 is 5.32 Å². The van der Waals surface area contributed by atoms with E-state index >= 15 is 0 Å². The maximum Gasteiger partial charge on any atom is 0.418 e. The zero-order valence-corrected chi connectivity index (χ0v) is 19.7. The van der Waals surface area contributed by atoms with Crippen LogP contribution in [0.3, 0.4) is 0 Å². The summed E-state index contributed by atoms with van der Waals surface area (Å²) in [6, 6.07) is 30.8. The summed E-state index contributed by atoms with van der Waals surface area (Å²) in [6.07, 6.45) is -3.31. The maximum atomic E-state index is 13.8. The maximum absolute atomic E-state index is 13.8. The molecule has 5 aromatic rings. The molecule has 4 aromatic carbocycles. The average molecular weight is 496 g/mol. The first-order chi connectivity index (χ1) is 17.9. The minimum absolute atomic E-state index is 0.181. The van der Waals surface area contributed by atoms with Crippen LogP contribution in [0.2, 0.25) is 0 Å². The number of ketones is 1. The Kier molecular flexibility index (Phi) is 6.84. The summed E-state index contributed by atoms with van der Waals surface area (Å²) < 4.78 is 41.4. The molecular weight excluding hydrogens is 473 g/mol. The van der Waals surface area contributed by atoms with Gasteiger partial charge in [0, 0.05) is 41.4 Å². The molecular formula is C31H22F3N2O. The largest absolute Gasteiger partial charge is 0.418 e. The standard InChI is InChI=1S/C31H22F3N2O/c32-31(33,34)27-16-8-15-25-28(26(20-36-29(25)27)30(37)23-12-5-2-6-13-23)24-14-7-11-22(17-24)19-35-18-21-9-3-1-4-10-21/h2-17,20,35H,18-19H2. The monoisotopic (exact) mass is 495 g/mol. The lowest BCUT2D eigenvalue weighted by Crippen LogP contribution is -2.12. The van der Waals surface area contributed by atoms with Gasteiger partial charge in [-0.3, -0.25) is 9.78 Å². The Hall–Kier alpha value is -4.29. The van der Waals surface area contributed by atoms with Crippen molar-refractivity contribution >= 4 is 16.7 Å². The lowest BCUT2D eigenvalue weighted by molar-refractivity contribution is -0.136. The molecule has 1 aromatic heterocycles. The molecule has 0 aliphatic carbocycles. The van der Waals surface area contributed by atoms with Crippen LogP contribution in [0.4, 0.5) is 13.2 Å². The molecule has 6 heteroatoms. The molecule has 0 saturated carbocycles. The number of rotatable bonds is 7. The van der Waals surface area contributed by atoms with Crippen LogP contribution in [0, 0.1) is 6.07 Å². The molecule has 0 fully saturated rings. The van der Waals surface area contributed by atoms with Crippen LogP contribution in [0.25, 0.3) is 22.0 Å². The van der Waals surface area contributed by atoms with Gasteiger partial charge in [-0.05, 0) is 34.9 Å². The molecule has 3 nitrogen and oxygen atoms in total. The number of aromatic nitrogens is 1.